The van der Waals surface area contributed by atoms with Crippen LogP contribution in [-0.4, -0.2) is 17.8 Å². The van der Waals surface area contributed by atoms with Gasteiger partial charge >= 0.3 is 0 Å². The molecule has 2 aromatic rings. The maximum absolute atomic E-state index is 6.17. The lowest BCUT2D eigenvalue weighted by atomic mass is 10.2. The highest BCUT2D eigenvalue weighted by molar-refractivity contribution is 6.35. The number of para-hydroxylation sites is 1. The summed E-state index contributed by atoms with van der Waals surface area (Å²) >= 11 is 6.17. The fraction of sp³-hybridized carbons (Fsp3) is 0.333. The summed E-state index contributed by atoms with van der Waals surface area (Å²) in [5.41, 5.74) is 1.09. The molecule has 0 aliphatic carbocycles. The lowest BCUT2D eigenvalue weighted by Gasteiger charge is -2.12. The number of rotatable bonds is 3. The lowest BCUT2D eigenvalue weighted by molar-refractivity contribution is 0.104. The molecule has 1 aromatic heterocycles. The first-order valence-corrected chi connectivity index (χ1v) is 5.36. The monoisotopic (exact) mass is 223 g/mol. The van der Waals surface area contributed by atoms with Gasteiger partial charge in [0, 0.05) is 25.2 Å². The molecule has 2 rings (SSSR count). The molecule has 0 radical (unpaired) electrons. The zero-order chi connectivity index (χ0) is 10.8. The van der Waals surface area contributed by atoms with Gasteiger partial charge in [0.2, 0.25) is 0 Å². The van der Waals surface area contributed by atoms with Gasteiger partial charge in [-0.05, 0) is 19.1 Å². The Morgan fingerprint density at radius 2 is 2.20 bits per heavy atom. The van der Waals surface area contributed by atoms with Gasteiger partial charge in [0.1, 0.15) is 0 Å². The third-order valence-corrected chi connectivity index (χ3v) is 2.90. The molecule has 1 unspecified atom stereocenters. The third-order valence-electron chi connectivity index (χ3n) is 2.60. The molecule has 0 aliphatic rings. The van der Waals surface area contributed by atoms with Gasteiger partial charge in [0.25, 0.3) is 0 Å². The smallest absolute Gasteiger partial charge is 0.0722 e. The van der Waals surface area contributed by atoms with E-state index >= 15 is 0 Å². The van der Waals surface area contributed by atoms with Crippen LogP contribution < -0.4 is 0 Å². The number of hydrogen-bond acceptors (Lipinski definition) is 1. The van der Waals surface area contributed by atoms with Crippen LogP contribution in [0.3, 0.4) is 0 Å². The van der Waals surface area contributed by atoms with E-state index < -0.39 is 0 Å². The molecule has 0 bridgehead atoms. The number of nitrogens with zero attached hydrogens (tertiary/aromatic N) is 1. The van der Waals surface area contributed by atoms with E-state index in [4.69, 9.17) is 16.3 Å². The number of aromatic nitrogens is 1. The number of ether oxygens (including phenoxy) is 1. The lowest BCUT2D eigenvalue weighted by Crippen LogP contribution is -2.13. The predicted octanol–water partition coefficient (Wildman–Crippen LogP) is 3.33. The van der Waals surface area contributed by atoms with E-state index in [-0.39, 0.29) is 6.10 Å². The van der Waals surface area contributed by atoms with Crippen LogP contribution in [0.1, 0.15) is 6.92 Å². The molecule has 1 heterocycles. The second-order valence-corrected chi connectivity index (χ2v) is 4.10. The number of fused-ring (bicyclic) bond motifs is 1. The van der Waals surface area contributed by atoms with Gasteiger partial charge in [-0.1, -0.05) is 23.7 Å². The van der Waals surface area contributed by atoms with Crippen molar-refractivity contribution in [1.29, 1.82) is 0 Å². The van der Waals surface area contributed by atoms with Crippen molar-refractivity contribution in [3.05, 3.63) is 35.5 Å². The molecular formula is C12H14ClNO. The summed E-state index contributed by atoms with van der Waals surface area (Å²) in [4.78, 5) is 0. The highest BCUT2D eigenvalue weighted by atomic mass is 35.5. The average molecular weight is 224 g/mol. The van der Waals surface area contributed by atoms with Crippen molar-refractivity contribution < 1.29 is 4.74 Å². The SMILES string of the molecule is COC(C)Cn1ccc2cccc(Cl)c21. The topological polar surface area (TPSA) is 14.2 Å². The van der Waals surface area contributed by atoms with E-state index in [0.717, 1.165) is 17.1 Å². The normalized spacial score (nSPS) is 13.3. The van der Waals surface area contributed by atoms with Crippen LogP contribution in [0.25, 0.3) is 10.9 Å². The predicted molar refractivity (Wildman–Crippen MR) is 63.4 cm³/mol. The van der Waals surface area contributed by atoms with Crippen molar-refractivity contribution in [1.82, 2.24) is 4.57 Å². The molecule has 0 spiro atoms. The van der Waals surface area contributed by atoms with Crippen molar-refractivity contribution in [3.8, 4) is 0 Å². The molecule has 0 aliphatic heterocycles. The van der Waals surface area contributed by atoms with Crippen molar-refractivity contribution >= 4 is 22.5 Å². The Morgan fingerprint density at radius 1 is 1.40 bits per heavy atom. The molecule has 0 saturated carbocycles. The van der Waals surface area contributed by atoms with Gasteiger partial charge in [-0.2, -0.15) is 0 Å². The summed E-state index contributed by atoms with van der Waals surface area (Å²) < 4.78 is 7.38. The number of methoxy groups -OCH3 is 1. The highest BCUT2D eigenvalue weighted by Crippen LogP contribution is 2.24. The van der Waals surface area contributed by atoms with Crippen molar-refractivity contribution in [2.75, 3.05) is 7.11 Å². The second-order valence-electron chi connectivity index (χ2n) is 3.69. The first kappa shape index (κ1) is 10.5. The van der Waals surface area contributed by atoms with Crippen LogP contribution in [0.15, 0.2) is 30.5 Å². The first-order valence-electron chi connectivity index (χ1n) is 4.98. The van der Waals surface area contributed by atoms with Crippen LogP contribution in [0.2, 0.25) is 5.02 Å². The van der Waals surface area contributed by atoms with Gasteiger partial charge < -0.3 is 9.30 Å². The zero-order valence-electron chi connectivity index (χ0n) is 8.90. The minimum Gasteiger partial charge on any atom is -0.380 e. The molecule has 3 heteroatoms. The molecule has 15 heavy (non-hydrogen) atoms. The number of halogens is 1. The summed E-state index contributed by atoms with van der Waals surface area (Å²) in [5.74, 6) is 0. The minimum absolute atomic E-state index is 0.192. The van der Waals surface area contributed by atoms with Crippen LogP contribution in [0, 0.1) is 0 Å². The highest BCUT2D eigenvalue weighted by Gasteiger charge is 2.07. The van der Waals surface area contributed by atoms with Crippen LogP contribution in [0.5, 0.6) is 0 Å². The number of benzene rings is 1. The van der Waals surface area contributed by atoms with Crippen LogP contribution >= 0.6 is 11.6 Å². The summed E-state index contributed by atoms with van der Waals surface area (Å²) in [6.07, 6.45) is 2.24. The van der Waals surface area contributed by atoms with E-state index in [0.29, 0.717) is 0 Å². The molecular weight excluding hydrogens is 210 g/mol. The molecule has 0 fully saturated rings. The maximum Gasteiger partial charge on any atom is 0.0722 e. The Hall–Kier alpha value is -0.990. The van der Waals surface area contributed by atoms with Crippen molar-refractivity contribution in [2.45, 2.75) is 19.6 Å². The second kappa shape index (κ2) is 4.25. The quantitative estimate of drug-likeness (QED) is 0.779. The van der Waals surface area contributed by atoms with Gasteiger partial charge in [-0.25, -0.2) is 0 Å². The minimum atomic E-state index is 0.192. The molecule has 2 nitrogen and oxygen atoms in total. The zero-order valence-corrected chi connectivity index (χ0v) is 9.66. The third kappa shape index (κ3) is 2.01. The molecule has 0 amide bonds. The standard InChI is InChI=1S/C12H14ClNO/c1-9(15-2)8-14-7-6-10-4-3-5-11(13)12(10)14/h3-7,9H,8H2,1-2H3. The Balaban J connectivity index is 2.43. The Kier molecular flexibility index (Phi) is 2.98. The Labute approximate surface area is 94.4 Å². The van der Waals surface area contributed by atoms with Crippen LogP contribution in [-0.2, 0) is 11.3 Å². The summed E-state index contributed by atoms with van der Waals surface area (Å²) in [5, 5.41) is 1.96. The van der Waals surface area contributed by atoms with Gasteiger partial charge in [0.15, 0.2) is 0 Å². The molecule has 80 valence electrons. The molecule has 0 N–H and O–H groups in total. The summed E-state index contributed by atoms with van der Waals surface area (Å²) in [6, 6.07) is 8.02. The largest absolute Gasteiger partial charge is 0.380 e. The number of hydrogen-bond donors (Lipinski definition) is 0. The maximum atomic E-state index is 6.17. The Morgan fingerprint density at radius 3 is 2.93 bits per heavy atom. The van der Waals surface area contributed by atoms with E-state index in [2.05, 4.69) is 16.7 Å². The van der Waals surface area contributed by atoms with E-state index in [1.54, 1.807) is 7.11 Å². The summed E-state index contributed by atoms with van der Waals surface area (Å²) in [6.45, 7) is 2.87. The molecule has 0 saturated heterocycles. The van der Waals surface area contributed by atoms with Crippen molar-refractivity contribution in [3.63, 3.8) is 0 Å². The van der Waals surface area contributed by atoms with Gasteiger partial charge in [-0.3, -0.25) is 0 Å². The molecule has 1 aromatic carbocycles. The van der Waals surface area contributed by atoms with E-state index in [1.807, 2.05) is 25.3 Å². The summed E-state index contributed by atoms with van der Waals surface area (Å²) in [7, 11) is 1.72. The molecule has 1 atom stereocenters. The van der Waals surface area contributed by atoms with E-state index in [1.165, 1.54) is 5.39 Å². The van der Waals surface area contributed by atoms with E-state index in [9.17, 15) is 0 Å². The van der Waals surface area contributed by atoms with Crippen molar-refractivity contribution in [2.24, 2.45) is 0 Å². The van der Waals surface area contributed by atoms with Gasteiger partial charge in [0.05, 0.1) is 16.6 Å². The van der Waals surface area contributed by atoms with Gasteiger partial charge in [-0.15, -0.1) is 0 Å². The fourth-order valence-corrected chi connectivity index (χ4v) is 2.01. The average Bonchev–Trinajstić information content (AvgIpc) is 2.63. The first-order chi connectivity index (χ1) is 7.22. The Bertz CT molecular complexity index is 464. The fourth-order valence-electron chi connectivity index (χ4n) is 1.72. The van der Waals surface area contributed by atoms with Crippen LogP contribution in [0.4, 0.5) is 0 Å².